The van der Waals surface area contributed by atoms with Crippen molar-refractivity contribution in [2.45, 2.75) is 13.0 Å². The predicted octanol–water partition coefficient (Wildman–Crippen LogP) is 2.29. The molecule has 4 aromatic rings. The number of nitrogens with one attached hydrogen (secondary N) is 1. The quantitative estimate of drug-likeness (QED) is 0.446. The van der Waals surface area contributed by atoms with Crippen molar-refractivity contribution in [1.82, 2.24) is 19.3 Å². The van der Waals surface area contributed by atoms with Crippen LogP contribution in [0.25, 0.3) is 5.78 Å². The van der Waals surface area contributed by atoms with E-state index in [-0.39, 0.29) is 42.6 Å². The maximum atomic E-state index is 13.0. The molecule has 168 valence electrons. The molecular weight excluding hydrogens is 427 g/mol. The van der Waals surface area contributed by atoms with Gasteiger partial charge in [-0.3, -0.25) is 14.4 Å². The van der Waals surface area contributed by atoms with Crippen LogP contribution in [0.1, 0.15) is 21.6 Å². The Hall–Kier alpha value is -4.27. The van der Waals surface area contributed by atoms with E-state index >= 15 is 0 Å². The number of nitrogens with zero attached hydrogens (tertiary/aromatic N) is 3. The van der Waals surface area contributed by atoms with E-state index in [9.17, 15) is 18.8 Å². The van der Waals surface area contributed by atoms with Gasteiger partial charge in [-0.15, -0.1) is 0 Å². The van der Waals surface area contributed by atoms with Gasteiger partial charge < -0.3 is 14.6 Å². The lowest BCUT2D eigenvalue weighted by Crippen LogP contribution is -2.33. The van der Waals surface area contributed by atoms with Gasteiger partial charge in [-0.25, -0.2) is 13.8 Å². The van der Waals surface area contributed by atoms with Crippen LogP contribution in [0.5, 0.6) is 5.75 Å². The van der Waals surface area contributed by atoms with E-state index in [2.05, 4.69) is 10.3 Å². The molecule has 2 aromatic carbocycles. The number of rotatable bonds is 8. The van der Waals surface area contributed by atoms with Gasteiger partial charge in [0, 0.05) is 25.9 Å². The van der Waals surface area contributed by atoms with Crippen LogP contribution in [0.2, 0.25) is 0 Å². The number of carbonyl (C=O) groups excluding carboxylic acids is 2. The lowest BCUT2D eigenvalue weighted by atomic mass is 10.1. The highest BCUT2D eigenvalue weighted by Gasteiger charge is 2.22. The number of aromatic nitrogens is 3. The SMILES string of the molecule is Cn1ccn2c(=O)c(OCc3ccccc3)c(C(=O)NCC(=O)Cc3ccc(F)cc3)nc12. The van der Waals surface area contributed by atoms with E-state index in [1.165, 1.54) is 34.9 Å². The zero-order valence-electron chi connectivity index (χ0n) is 17.8. The summed E-state index contributed by atoms with van der Waals surface area (Å²) >= 11 is 0. The molecule has 0 aliphatic carbocycles. The number of fused-ring (bicyclic) bond motifs is 1. The van der Waals surface area contributed by atoms with Gasteiger partial charge >= 0.3 is 5.56 Å². The minimum Gasteiger partial charge on any atom is -0.481 e. The number of benzene rings is 2. The van der Waals surface area contributed by atoms with Crippen LogP contribution in [0.15, 0.2) is 71.8 Å². The van der Waals surface area contributed by atoms with E-state index in [4.69, 9.17) is 4.74 Å². The Morgan fingerprint density at radius 3 is 2.48 bits per heavy atom. The van der Waals surface area contributed by atoms with Gasteiger partial charge in [0.2, 0.25) is 11.5 Å². The minimum absolute atomic E-state index is 0.0326. The molecule has 1 amide bonds. The average molecular weight is 448 g/mol. The Balaban J connectivity index is 1.54. The van der Waals surface area contributed by atoms with Crippen LogP contribution < -0.4 is 15.6 Å². The van der Waals surface area contributed by atoms with E-state index in [1.54, 1.807) is 17.8 Å². The summed E-state index contributed by atoms with van der Waals surface area (Å²) in [5.74, 6) is -1.32. The first-order chi connectivity index (χ1) is 15.9. The van der Waals surface area contributed by atoms with Crippen LogP contribution in [-0.4, -0.2) is 32.2 Å². The van der Waals surface area contributed by atoms with Crippen molar-refractivity contribution in [3.63, 3.8) is 0 Å². The van der Waals surface area contributed by atoms with Gasteiger partial charge in [0.05, 0.1) is 6.54 Å². The summed E-state index contributed by atoms with van der Waals surface area (Å²) in [6.45, 7) is -0.205. The number of Topliss-reactive ketones (excluding diaryl/α,β-unsaturated/α-hetero) is 1. The molecule has 9 heteroatoms. The molecule has 2 aromatic heterocycles. The summed E-state index contributed by atoms with van der Waals surface area (Å²) in [4.78, 5) is 42.5. The first-order valence-corrected chi connectivity index (χ1v) is 10.2. The fraction of sp³-hybridized carbons (Fsp3) is 0.167. The standard InChI is InChI=1S/C24H21FN4O4/c1-28-11-12-29-23(32)21(33-15-17-5-3-2-4-6-17)20(27-24(28)29)22(31)26-14-19(30)13-16-7-9-18(25)10-8-16/h2-12H,13-15H2,1H3,(H,26,31). The summed E-state index contributed by atoms with van der Waals surface area (Å²) in [7, 11) is 1.69. The molecule has 0 spiro atoms. The van der Waals surface area contributed by atoms with Crippen LogP contribution in [-0.2, 0) is 24.9 Å². The van der Waals surface area contributed by atoms with Gasteiger partial charge in [-0.1, -0.05) is 42.5 Å². The van der Waals surface area contributed by atoms with E-state index in [0.717, 1.165) is 5.56 Å². The third kappa shape index (κ3) is 4.98. The molecule has 33 heavy (non-hydrogen) atoms. The second-order valence-corrected chi connectivity index (χ2v) is 7.47. The second kappa shape index (κ2) is 9.47. The number of amides is 1. The molecule has 0 fully saturated rings. The number of halogens is 1. The van der Waals surface area contributed by atoms with Crippen LogP contribution in [0, 0.1) is 5.82 Å². The number of ether oxygens (including phenoxy) is 1. The molecule has 2 heterocycles. The fourth-order valence-corrected chi connectivity index (χ4v) is 3.29. The van der Waals surface area contributed by atoms with Crippen LogP contribution >= 0.6 is 0 Å². The Labute approximate surface area is 188 Å². The Morgan fingerprint density at radius 1 is 1.03 bits per heavy atom. The molecule has 4 rings (SSSR count). The lowest BCUT2D eigenvalue weighted by molar-refractivity contribution is -0.117. The van der Waals surface area contributed by atoms with Gasteiger partial charge in [-0.05, 0) is 23.3 Å². The number of hydrogen-bond donors (Lipinski definition) is 1. The highest BCUT2D eigenvalue weighted by atomic mass is 19.1. The first-order valence-electron chi connectivity index (χ1n) is 10.2. The molecule has 0 atom stereocenters. The highest BCUT2D eigenvalue weighted by Crippen LogP contribution is 2.15. The molecule has 0 saturated heterocycles. The maximum Gasteiger partial charge on any atom is 0.302 e. The second-order valence-electron chi connectivity index (χ2n) is 7.47. The smallest absolute Gasteiger partial charge is 0.302 e. The van der Waals surface area contributed by atoms with Gasteiger partial charge in [0.25, 0.3) is 5.91 Å². The predicted molar refractivity (Wildman–Crippen MR) is 119 cm³/mol. The van der Waals surface area contributed by atoms with Gasteiger partial charge in [0.15, 0.2) is 11.5 Å². The first kappa shape index (κ1) is 21.9. The zero-order valence-corrected chi connectivity index (χ0v) is 17.8. The molecule has 0 radical (unpaired) electrons. The molecule has 0 aliphatic heterocycles. The summed E-state index contributed by atoms with van der Waals surface area (Å²) in [6, 6.07) is 14.8. The van der Waals surface area contributed by atoms with Crippen molar-refractivity contribution < 1.29 is 18.7 Å². The Kier molecular flexibility index (Phi) is 6.30. The number of imidazole rings is 1. The van der Waals surface area contributed by atoms with Crippen molar-refractivity contribution in [2.75, 3.05) is 6.54 Å². The normalized spacial score (nSPS) is 10.8. The number of carbonyl (C=O) groups is 2. The Morgan fingerprint density at radius 2 is 1.76 bits per heavy atom. The third-order valence-electron chi connectivity index (χ3n) is 5.01. The lowest BCUT2D eigenvalue weighted by Gasteiger charge is -2.11. The molecule has 0 bridgehead atoms. The Bertz CT molecular complexity index is 1360. The van der Waals surface area contributed by atoms with E-state index < -0.39 is 17.3 Å². The molecule has 0 unspecified atom stereocenters. The summed E-state index contributed by atoms with van der Waals surface area (Å²) in [5, 5.41) is 2.51. The van der Waals surface area contributed by atoms with Crippen LogP contribution in [0.3, 0.4) is 0 Å². The topological polar surface area (TPSA) is 94.7 Å². The molecule has 8 nitrogen and oxygen atoms in total. The molecule has 1 N–H and O–H groups in total. The molecule has 0 saturated carbocycles. The summed E-state index contributed by atoms with van der Waals surface area (Å²) < 4.78 is 21.6. The molecular formula is C24H21FN4O4. The van der Waals surface area contributed by atoms with Crippen molar-refractivity contribution >= 4 is 17.5 Å². The van der Waals surface area contributed by atoms with E-state index in [0.29, 0.717) is 5.56 Å². The maximum absolute atomic E-state index is 13.0. The van der Waals surface area contributed by atoms with Crippen molar-refractivity contribution in [3.05, 3.63) is 100.0 Å². The van der Waals surface area contributed by atoms with E-state index in [1.807, 2.05) is 30.3 Å². The summed E-state index contributed by atoms with van der Waals surface area (Å²) in [5.41, 5.74) is 0.714. The number of ketones is 1. The zero-order chi connectivity index (χ0) is 23.4. The number of hydrogen-bond acceptors (Lipinski definition) is 5. The highest BCUT2D eigenvalue weighted by molar-refractivity contribution is 5.97. The van der Waals surface area contributed by atoms with Crippen molar-refractivity contribution in [3.8, 4) is 5.75 Å². The van der Waals surface area contributed by atoms with Gasteiger partial charge in [0.1, 0.15) is 12.4 Å². The van der Waals surface area contributed by atoms with Crippen molar-refractivity contribution in [1.29, 1.82) is 0 Å². The molecule has 0 aliphatic rings. The van der Waals surface area contributed by atoms with Gasteiger partial charge in [-0.2, -0.15) is 0 Å². The summed E-state index contributed by atoms with van der Waals surface area (Å²) in [6.07, 6.45) is 3.21. The largest absolute Gasteiger partial charge is 0.481 e. The fourth-order valence-electron chi connectivity index (χ4n) is 3.29. The average Bonchev–Trinajstić information content (AvgIpc) is 3.20. The monoisotopic (exact) mass is 448 g/mol. The van der Waals surface area contributed by atoms with Crippen molar-refractivity contribution in [2.24, 2.45) is 7.05 Å². The third-order valence-corrected chi connectivity index (χ3v) is 5.01. The number of aryl methyl sites for hydroxylation is 1. The minimum atomic E-state index is -0.702. The van der Waals surface area contributed by atoms with Crippen LogP contribution in [0.4, 0.5) is 4.39 Å².